The molecular weight excluding hydrogens is 314 g/mol. The fourth-order valence-corrected chi connectivity index (χ4v) is 4.01. The summed E-state index contributed by atoms with van der Waals surface area (Å²) in [5.74, 6) is 0. The SMILES string of the molecule is O=S(=O)(NCC1(OCCO)CCCC1)c1cccc(Cl)c1. The van der Waals surface area contributed by atoms with Crippen molar-refractivity contribution in [3.05, 3.63) is 29.3 Å². The van der Waals surface area contributed by atoms with E-state index in [1.807, 2.05) is 0 Å². The number of halogens is 1. The van der Waals surface area contributed by atoms with E-state index < -0.39 is 15.6 Å². The van der Waals surface area contributed by atoms with Gasteiger partial charge in [-0.1, -0.05) is 30.5 Å². The molecule has 0 aromatic heterocycles. The number of ether oxygens (including phenoxy) is 1. The topological polar surface area (TPSA) is 75.6 Å². The molecule has 2 rings (SSSR count). The Morgan fingerprint density at radius 3 is 2.67 bits per heavy atom. The van der Waals surface area contributed by atoms with E-state index >= 15 is 0 Å². The van der Waals surface area contributed by atoms with E-state index in [-0.39, 0.29) is 24.7 Å². The van der Waals surface area contributed by atoms with Gasteiger partial charge >= 0.3 is 0 Å². The predicted octanol–water partition coefficient (Wildman–Crippen LogP) is 1.94. The Bertz CT molecular complexity index is 570. The summed E-state index contributed by atoms with van der Waals surface area (Å²) in [5, 5.41) is 9.28. The van der Waals surface area contributed by atoms with Gasteiger partial charge in [0.05, 0.1) is 23.7 Å². The van der Waals surface area contributed by atoms with Gasteiger partial charge in [0.15, 0.2) is 0 Å². The number of nitrogens with one attached hydrogen (secondary N) is 1. The highest BCUT2D eigenvalue weighted by molar-refractivity contribution is 7.89. The molecule has 1 aromatic rings. The van der Waals surface area contributed by atoms with Crippen LogP contribution >= 0.6 is 11.6 Å². The summed E-state index contributed by atoms with van der Waals surface area (Å²) in [6.07, 6.45) is 3.60. The van der Waals surface area contributed by atoms with Gasteiger partial charge in [0.2, 0.25) is 10.0 Å². The summed E-state index contributed by atoms with van der Waals surface area (Å²) in [6, 6.07) is 6.15. The third-order valence-electron chi connectivity index (χ3n) is 3.71. The standard InChI is InChI=1S/C14H20ClNO4S/c15-12-4-3-5-13(10-12)21(18,19)16-11-14(20-9-8-17)6-1-2-7-14/h3-5,10,16-17H,1-2,6-9,11H2. The van der Waals surface area contributed by atoms with Crippen LogP contribution in [0.25, 0.3) is 0 Å². The van der Waals surface area contributed by atoms with Crippen molar-refractivity contribution < 1.29 is 18.3 Å². The zero-order valence-electron chi connectivity index (χ0n) is 11.7. The molecule has 1 aromatic carbocycles. The van der Waals surface area contributed by atoms with E-state index in [1.54, 1.807) is 12.1 Å². The Labute approximate surface area is 130 Å². The third kappa shape index (κ3) is 4.40. The number of rotatable bonds is 7. The molecule has 21 heavy (non-hydrogen) atoms. The maximum atomic E-state index is 12.3. The molecule has 5 nitrogen and oxygen atoms in total. The van der Waals surface area contributed by atoms with Gasteiger partial charge in [0, 0.05) is 11.6 Å². The van der Waals surface area contributed by atoms with Crippen molar-refractivity contribution in [3.63, 3.8) is 0 Å². The molecule has 0 atom stereocenters. The molecule has 0 saturated heterocycles. The molecule has 0 heterocycles. The van der Waals surface area contributed by atoms with E-state index in [2.05, 4.69) is 4.72 Å². The van der Waals surface area contributed by atoms with Crippen molar-refractivity contribution in [2.24, 2.45) is 0 Å². The fraction of sp³-hybridized carbons (Fsp3) is 0.571. The average molecular weight is 334 g/mol. The van der Waals surface area contributed by atoms with E-state index in [4.69, 9.17) is 21.4 Å². The Balaban J connectivity index is 2.06. The van der Waals surface area contributed by atoms with Crippen LogP contribution in [-0.2, 0) is 14.8 Å². The molecule has 1 saturated carbocycles. The van der Waals surface area contributed by atoms with Gasteiger partial charge in [-0.2, -0.15) is 0 Å². The highest BCUT2D eigenvalue weighted by atomic mass is 35.5. The second-order valence-corrected chi connectivity index (χ2v) is 7.45. The summed E-state index contributed by atoms with van der Waals surface area (Å²) in [5.41, 5.74) is -0.506. The van der Waals surface area contributed by atoms with Gasteiger partial charge in [-0.05, 0) is 31.0 Å². The van der Waals surface area contributed by atoms with Gasteiger partial charge in [0.25, 0.3) is 0 Å². The van der Waals surface area contributed by atoms with Crippen molar-refractivity contribution in [2.75, 3.05) is 19.8 Å². The fourth-order valence-electron chi connectivity index (χ4n) is 2.60. The van der Waals surface area contributed by atoms with Crippen LogP contribution in [-0.4, -0.2) is 38.9 Å². The van der Waals surface area contributed by atoms with E-state index in [9.17, 15) is 8.42 Å². The smallest absolute Gasteiger partial charge is 0.240 e. The summed E-state index contributed by atoms with van der Waals surface area (Å²) < 4.78 is 32.9. The van der Waals surface area contributed by atoms with Crippen LogP contribution in [0.5, 0.6) is 0 Å². The summed E-state index contributed by atoms with van der Waals surface area (Å²) in [4.78, 5) is 0.144. The molecule has 0 radical (unpaired) electrons. The number of hydrogen-bond acceptors (Lipinski definition) is 4. The quantitative estimate of drug-likeness (QED) is 0.799. The molecule has 1 aliphatic carbocycles. The van der Waals surface area contributed by atoms with Gasteiger partial charge < -0.3 is 9.84 Å². The number of hydrogen-bond donors (Lipinski definition) is 2. The number of benzene rings is 1. The predicted molar refractivity (Wildman–Crippen MR) is 80.9 cm³/mol. The summed E-state index contributed by atoms with van der Waals surface area (Å²) in [6.45, 7) is 0.365. The normalized spacial score (nSPS) is 18.0. The van der Waals surface area contributed by atoms with E-state index in [1.165, 1.54) is 12.1 Å². The molecule has 1 fully saturated rings. The minimum absolute atomic E-state index is 0.0667. The molecule has 0 unspecified atom stereocenters. The number of aliphatic hydroxyl groups is 1. The average Bonchev–Trinajstić information content (AvgIpc) is 2.93. The van der Waals surface area contributed by atoms with E-state index in [0.717, 1.165) is 25.7 Å². The Kier molecular flexibility index (Phi) is 5.62. The first-order valence-corrected chi connectivity index (χ1v) is 8.84. The Morgan fingerprint density at radius 1 is 1.33 bits per heavy atom. The zero-order valence-corrected chi connectivity index (χ0v) is 13.3. The molecule has 7 heteroatoms. The van der Waals surface area contributed by atoms with E-state index in [0.29, 0.717) is 5.02 Å². The molecule has 0 amide bonds. The lowest BCUT2D eigenvalue weighted by molar-refractivity contribution is -0.0492. The maximum Gasteiger partial charge on any atom is 0.240 e. The van der Waals surface area contributed by atoms with Crippen molar-refractivity contribution in [2.45, 2.75) is 36.2 Å². The summed E-state index contributed by atoms with van der Waals surface area (Å²) >= 11 is 5.83. The van der Waals surface area contributed by atoms with Gasteiger partial charge in [-0.25, -0.2) is 13.1 Å². The van der Waals surface area contributed by atoms with Crippen LogP contribution < -0.4 is 4.72 Å². The van der Waals surface area contributed by atoms with Crippen molar-refractivity contribution in [1.82, 2.24) is 4.72 Å². The van der Waals surface area contributed by atoms with Crippen molar-refractivity contribution in [1.29, 1.82) is 0 Å². The van der Waals surface area contributed by atoms with Crippen LogP contribution in [0.4, 0.5) is 0 Å². The van der Waals surface area contributed by atoms with Gasteiger partial charge in [-0.15, -0.1) is 0 Å². The molecule has 0 aliphatic heterocycles. The Hall–Kier alpha value is -0.660. The first-order chi connectivity index (χ1) is 9.97. The highest BCUT2D eigenvalue weighted by Crippen LogP contribution is 2.33. The molecule has 118 valence electrons. The van der Waals surface area contributed by atoms with Crippen molar-refractivity contribution in [3.8, 4) is 0 Å². The first kappa shape index (κ1) is 16.7. The molecule has 0 spiro atoms. The molecular formula is C14H20ClNO4S. The van der Waals surface area contributed by atoms with Crippen LogP contribution in [0.3, 0.4) is 0 Å². The maximum absolute atomic E-state index is 12.3. The van der Waals surface area contributed by atoms with Crippen LogP contribution in [0, 0.1) is 0 Å². The minimum atomic E-state index is -3.61. The molecule has 0 bridgehead atoms. The number of sulfonamides is 1. The second-order valence-electron chi connectivity index (χ2n) is 5.24. The lowest BCUT2D eigenvalue weighted by atomic mass is 10.0. The highest BCUT2D eigenvalue weighted by Gasteiger charge is 2.36. The monoisotopic (exact) mass is 333 g/mol. The lowest BCUT2D eigenvalue weighted by Gasteiger charge is -2.29. The number of aliphatic hydroxyl groups excluding tert-OH is 1. The summed E-state index contributed by atoms with van der Waals surface area (Å²) in [7, 11) is -3.61. The van der Waals surface area contributed by atoms with Crippen molar-refractivity contribution >= 4 is 21.6 Å². The lowest BCUT2D eigenvalue weighted by Crippen LogP contribution is -2.43. The van der Waals surface area contributed by atoms with Gasteiger partial charge in [0.1, 0.15) is 0 Å². The largest absolute Gasteiger partial charge is 0.394 e. The first-order valence-electron chi connectivity index (χ1n) is 6.98. The van der Waals surface area contributed by atoms with Gasteiger partial charge in [-0.3, -0.25) is 0 Å². The van der Waals surface area contributed by atoms with Crippen LogP contribution in [0.1, 0.15) is 25.7 Å². The molecule has 2 N–H and O–H groups in total. The molecule has 1 aliphatic rings. The second kappa shape index (κ2) is 7.07. The van der Waals surface area contributed by atoms with Crippen LogP contribution in [0.15, 0.2) is 29.2 Å². The minimum Gasteiger partial charge on any atom is -0.394 e. The Morgan fingerprint density at radius 2 is 2.05 bits per heavy atom. The third-order valence-corrected chi connectivity index (χ3v) is 5.34. The van der Waals surface area contributed by atoms with Crippen LogP contribution in [0.2, 0.25) is 5.02 Å². The zero-order chi connectivity index (χ0) is 15.3.